The molecule has 120 valence electrons. The fourth-order valence-corrected chi connectivity index (χ4v) is 2.78. The fourth-order valence-electron chi connectivity index (χ4n) is 2.78. The summed E-state index contributed by atoms with van der Waals surface area (Å²) in [5, 5.41) is 0. The third kappa shape index (κ3) is 3.22. The molecule has 2 aromatic heterocycles. The van der Waals surface area contributed by atoms with E-state index in [2.05, 4.69) is 41.8 Å². The molecule has 0 radical (unpaired) electrons. The van der Waals surface area contributed by atoms with Gasteiger partial charge in [0.05, 0.1) is 17.5 Å². The Morgan fingerprint density at radius 2 is 1.87 bits per heavy atom. The number of aryl methyl sites for hydroxylation is 1. The topological polar surface area (TPSA) is 52.5 Å². The summed E-state index contributed by atoms with van der Waals surface area (Å²) in [4.78, 5) is 4.74. The number of hydrogen-bond donors (Lipinski definition) is 1. The average molecular weight is 309 g/mol. The van der Waals surface area contributed by atoms with Gasteiger partial charge in [-0.15, -0.1) is 0 Å². The van der Waals surface area contributed by atoms with Gasteiger partial charge in [-0.05, 0) is 63.2 Å². The predicted octanol–water partition coefficient (Wildman–Crippen LogP) is 3.60. The fraction of sp³-hybridized carbons (Fsp3) is 0.316. The molecule has 2 heterocycles. The van der Waals surface area contributed by atoms with E-state index >= 15 is 0 Å². The van der Waals surface area contributed by atoms with Gasteiger partial charge in [0, 0.05) is 18.2 Å². The van der Waals surface area contributed by atoms with Crippen LogP contribution in [-0.4, -0.2) is 22.0 Å². The SMILES string of the molecule is Cc1ccc2nc(CCN)c(-c3ccc(OC(C)C)cc3)n2c1. The van der Waals surface area contributed by atoms with Gasteiger partial charge in [0.15, 0.2) is 0 Å². The van der Waals surface area contributed by atoms with E-state index in [0.29, 0.717) is 6.54 Å². The van der Waals surface area contributed by atoms with Crippen LogP contribution in [0.4, 0.5) is 0 Å². The lowest BCUT2D eigenvalue weighted by atomic mass is 10.1. The van der Waals surface area contributed by atoms with Gasteiger partial charge in [-0.2, -0.15) is 0 Å². The van der Waals surface area contributed by atoms with Crippen molar-refractivity contribution in [2.75, 3.05) is 6.54 Å². The Kier molecular flexibility index (Phi) is 4.35. The number of nitrogens with zero attached hydrogens (tertiary/aromatic N) is 2. The summed E-state index contributed by atoms with van der Waals surface area (Å²) in [6.45, 7) is 6.73. The summed E-state index contributed by atoms with van der Waals surface area (Å²) >= 11 is 0. The molecule has 1 aromatic carbocycles. The summed E-state index contributed by atoms with van der Waals surface area (Å²) in [5.41, 5.74) is 11.2. The van der Waals surface area contributed by atoms with Gasteiger partial charge >= 0.3 is 0 Å². The van der Waals surface area contributed by atoms with Crippen molar-refractivity contribution in [1.82, 2.24) is 9.38 Å². The molecule has 0 unspecified atom stereocenters. The maximum absolute atomic E-state index is 5.77. The molecule has 23 heavy (non-hydrogen) atoms. The molecule has 0 atom stereocenters. The Morgan fingerprint density at radius 1 is 1.13 bits per heavy atom. The predicted molar refractivity (Wildman–Crippen MR) is 93.9 cm³/mol. The van der Waals surface area contributed by atoms with Crippen molar-refractivity contribution >= 4 is 5.65 Å². The highest BCUT2D eigenvalue weighted by molar-refractivity contribution is 5.68. The molecule has 0 aliphatic heterocycles. The molecule has 4 nitrogen and oxygen atoms in total. The minimum absolute atomic E-state index is 0.173. The summed E-state index contributed by atoms with van der Waals surface area (Å²) in [5.74, 6) is 0.883. The first kappa shape index (κ1) is 15.6. The Hall–Kier alpha value is -2.33. The summed E-state index contributed by atoms with van der Waals surface area (Å²) < 4.78 is 7.88. The third-order valence-electron chi connectivity index (χ3n) is 3.72. The van der Waals surface area contributed by atoms with E-state index in [4.69, 9.17) is 15.5 Å². The number of fused-ring (bicyclic) bond motifs is 1. The number of aromatic nitrogens is 2. The lowest BCUT2D eigenvalue weighted by Crippen LogP contribution is -2.05. The second-order valence-electron chi connectivity index (χ2n) is 6.07. The largest absolute Gasteiger partial charge is 0.491 e. The minimum Gasteiger partial charge on any atom is -0.491 e. The van der Waals surface area contributed by atoms with E-state index in [9.17, 15) is 0 Å². The van der Waals surface area contributed by atoms with Crippen molar-refractivity contribution in [3.05, 3.63) is 53.9 Å². The number of imidazole rings is 1. The highest BCUT2D eigenvalue weighted by Crippen LogP contribution is 2.28. The second kappa shape index (κ2) is 6.42. The average Bonchev–Trinajstić information content (AvgIpc) is 2.85. The van der Waals surface area contributed by atoms with Gasteiger partial charge in [0.25, 0.3) is 0 Å². The molecule has 4 heteroatoms. The zero-order valence-electron chi connectivity index (χ0n) is 13.9. The Balaban J connectivity index is 2.09. The van der Waals surface area contributed by atoms with Crippen molar-refractivity contribution in [3.63, 3.8) is 0 Å². The first-order valence-corrected chi connectivity index (χ1v) is 8.03. The van der Waals surface area contributed by atoms with Gasteiger partial charge in [-0.3, -0.25) is 4.40 Å². The Labute approximate surface area is 136 Å². The highest BCUT2D eigenvalue weighted by atomic mass is 16.5. The van der Waals surface area contributed by atoms with Gasteiger partial charge in [-0.1, -0.05) is 6.07 Å². The molecular weight excluding hydrogens is 286 g/mol. The van der Waals surface area contributed by atoms with Gasteiger partial charge in [0.2, 0.25) is 0 Å². The molecule has 3 aromatic rings. The van der Waals surface area contributed by atoms with Gasteiger partial charge in [-0.25, -0.2) is 4.98 Å². The molecule has 0 spiro atoms. The van der Waals surface area contributed by atoms with Crippen LogP contribution in [0.15, 0.2) is 42.6 Å². The molecule has 0 saturated heterocycles. The van der Waals surface area contributed by atoms with E-state index in [1.165, 1.54) is 5.56 Å². The van der Waals surface area contributed by atoms with Crippen LogP contribution in [0.3, 0.4) is 0 Å². The van der Waals surface area contributed by atoms with Crippen LogP contribution in [0, 0.1) is 6.92 Å². The van der Waals surface area contributed by atoms with Crippen LogP contribution >= 0.6 is 0 Å². The quantitative estimate of drug-likeness (QED) is 0.783. The molecule has 0 saturated carbocycles. The number of pyridine rings is 1. The van der Waals surface area contributed by atoms with Crippen LogP contribution in [0.2, 0.25) is 0 Å². The van der Waals surface area contributed by atoms with Gasteiger partial charge < -0.3 is 10.5 Å². The third-order valence-corrected chi connectivity index (χ3v) is 3.72. The maximum Gasteiger partial charge on any atom is 0.137 e. The summed E-state index contributed by atoms with van der Waals surface area (Å²) in [6, 6.07) is 12.3. The number of ether oxygens (including phenoxy) is 1. The highest BCUT2D eigenvalue weighted by Gasteiger charge is 2.14. The van der Waals surface area contributed by atoms with Crippen LogP contribution in [0.25, 0.3) is 16.9 Å². The molecule has 0 fully saturated rings. The van der Waals surface area contributed by atoms with Crippen molar-refractivity contribution in [1.29, 1.82) is 0 Å². The van der Waals surface area contributed by atoms with Crippen LogP contribution in [0.1, 0.15) is 25.1 Å². The number of nitrogens with two attached hydrogens (primary N) is 1. The Morgan fingerprint density at radius 3 is 2.52 bits per heavy atom. The zero-order chi connectivity index (χ0) is 16.4. The lowest BCUT2D eigenvalue weighted by molar-refractivity contribution is 0.242. The number of hydrogen-bond acceptors (Lipinski definition) is 3. The summed E-state index contributed by atoms with van der Waals surface area (Å²) in [6.07, 6.45) is 3.06. The first-order valence-electron chi connectivity index (χ1n) is 8.03. The molecule has 0 aliphatic carbocycles. The second-order valence-corrected chi connectivity index (χ2v) is 6.07. The van der Waals surface area contributed by atoms with E-state index < -0.39 is 0 Å². The molecule has 2 N–H and O–H groups in total. The van der Waals surface area contributed by atoms with E-state index in [0.717, 1.165) is 34.8 Å². The van der Waals surface area contributed by atoms with Gasteiger partial charge in [0.1, 0.15) is 11.4 Å². The number of rotatable bonds is 5. The van der Waals surface area contributed by atoms with Crippen LogP contribution in [0.5, 0.6) is 5.75 Å². The maximum atomic E-state index is 5.77. The smallest absolute Gasteiger partial charge is 0.137 e. The lowest BCUT2D eigenvalue weighted by Gasteiger charge is -2.11. The molecule has 0 aliphatic rings. The monoisotopic (exact) mass is 309 g/mol. The normalized spacial score (nSPS) is 11.3. The van der Waals surface area contributed by atoms with Crippen molar-refractivity contribution in [2.24, 2.45) is 5.73 Å². The number of benzene rings is 1. The van der Waals surface area contributed by atoms with E-state index in [-0.39, 0.29) is 6.10 Å². The van der Waals surface area contributed by atoms with Crippen LogP contribution in [-0.2, 0) is 6.42 Å². The molecule has 0 bridgehead atoms. The van der Waals surface area contributed by atoms with E-state index in [1.807, 2.05) is 26.0 Å². The summed E-state index contributed by atoms with van der Waals surface area (Å²) in [7, 11) is 0. The molecular formula is C19H23N3O. The van der Waals surface area contributed by atoms with Crippen LogP contribution < -0.4 is 10.5 Å². The van der Waals surface area contributed by atoms with Crippen molar-refractivity contribution in [3.8, 4) is 17.0 Å². The Bertz CT molecular complexity index is 803. The van der Waals surface area contributed by atoms with Crippen molar-refractivity contribution < 1.29 is 4.74 Å². The van der Waals surface area contributed by atoms with E-state index in [1.54, 1.807) is 0 Å². The first-order chi connectivity index (χ1) is 11.1. The minimum atomic E-state index is 0.173. The molecule has 3 rings (SSSR count). The zero-order valence-corrected chi connectivity index (χ0v) is 13.9. The standard InChI is InChI=1S/C19H23N3O/c1-13(2)23-16-7-5-15(6-8-16)19-17(10-11-20)21-18-9-4-14(3)12-22(18)19/h4-9,12-13H,10-11,20H2,1-3H3. The molecule has 0 amide bonds. The van der Waals surface area contributed by atoms with Crippen molar-refractivity contribution in [2.45, 2.75) is 33.3 Å².